The van der Waals surface area contributed by atoms with Crippen molar-refractivity contribution in [2.75, 3.05) is 79.3 Å². The molecule has 0 aromatic carbocycles. The molecule has 0 rings (SSSR count). The molecule has 0 aliphatic carbocycles. The van der Waals surface area contributed by atoms with Gasteiger partial charge in [0.25, 0.3) is 0 Å². The molecular weight excluding hydrogens is 950 g/mol. The molecule has 7 unspecified atom stereocenters. The minimum atomic E-state index is -4.11. The molecule has 23 heteroatoms. The summed E-state index contributed by atoms with van der Waals surface area (Å²) in [5, 5.41) is 0. The third-order valence-corrected chi connectivity index (χ3v) is 27.2. The highest BCUT2D eigenvalue weighted by Gasteiger charge is 2.53. The highest BCUT2D eigenvalue weighted by atomic mass is 31.2. The first-order chi connectivity index (χ1) is 30.2. The van der Waals surface area contributed by atoms with E-state index in [0.29, 0.717) is 38.7 Å². The molecule has 0 saturated heterocycles. The van der Waals surface area contributed by atoms with Crippen LogP contribution in [0.2, 0.25) is 0 Å². The van der Waals surface area contributed by atoms with Crippen molar-refractivity contribution >= 4 is 45.3 Å². The summed E-state index contributed by atoms with van der Waals surface area (Å²) in [7, 11) is -22.6. The lowest BCUT2D eigenvalue weighted by molar-refractivity contribution is 0.186. The molecule has 0 N–H and O–H groups in total. The summed E-state index contributed by atoms with van der Waals surface area (Å²) in [4.78, 5) is 0. The van der Waals surface area contributed by atoms with Crippen molar-refractivity contribution in [1.29, 1.82) is 0 Å². The van der Waals surface area contributed by atoms with Crippen molar-refractivity contribution in [3.63, 3.8) is 0 Å². The highest BCUT2D eigenvalue weighted by molar-refractivity contribution is 7.60. The molecule has 0 bridgehead atoms. The zero-order valence-corrected chi connectivity index (χ0v) is 47.3. The van der Waals surface area contributed by atoms with Crippen LogP contribution in [0.5, 0.6) is 0 Å². The quantitative estimate of drug-likeness (QED) is 0.0411. The number of rotatable bonds is 43. The Morgan fingerprint density at radius 3 is 0.750 bits per heavy atom. The summed E-state index contributed by atoms with van der Waals surface area (Å²) in [6.07, 6.45) is 3.11. The first-order valence-electron chi connectivity index (χ1n) is 23.8. The van der Waals surface area contributed by atoms with E-state index in [9.17, 15) is 13.7 Å². The lowest BCUT2D eigenvalue weighted by Crippen LogP contribution is -2.33. The Bertz CT molecular complexity index is 1490. The monoisotopic (exact) mass is 1040 g/mol. The standard InChI is InChI=1S/C41H90O17P6/c1-15-48-59(14,42)36(12)30-26-27-32-38(61(44,51-18-4)52-19-5)40(63(46,55-22-8)56-23-9)34-29-35-41(64(47,57-24-10)58-25-11)39(62(45,53-20-6)54-21-7)33-28-31-37(13)60(43,49-16-2)50-17-3/h36-41H,15-35H2,1-14H3. The molecule has 0 spiro atoms. The van der Waals surface area contributed by atoms with Gasteiger partial charge in [-0.25, -0.2) is 0 Å². The van der Waals surface area contributed by atoms with Gasteiger partial charge in [-0.3, -0.25) is 27.4 Å². The summed E-state index contributed by atoms with van der Waals surface area (Å²) in [6, 6.07) is 0. The maximum absolute atomic E-state index is 15.1. The van der Waals surface area contributed by atoms with Gasteiger partial charge in [0.1, 0.15) is 0 Å². The average molecular weight is 1040 g/mol. The van der Waals surface area contributed by atoms with E-state index in [-0.39, 0.29) is 104 Å². The second-order valence-electron chi connectivity index (χ2n) is 15.3. The van der Waals surface area contributed by atoms with Gasteiger partial charge in [-0.2, -0.15) is 0 Å². The van der Waals surface area contributed by atoms with Crippen LogP contribution in [-0.2, 0) is 77.2 Å². The molecule has 0 aliphatic rings. The van der Waals surface area contributed by atoms with E-state index in [0.717, 1.165) is 0 Å². The van der Waals surface area contributed by atoms with E-state index >= 15 is 13.7 Å². The van der Waals surface area contributed by atoms with Gasteiger partial charge in [-0.05, 0) is 115 Å². The van der Waals surface area contributed by atoms with Crippen molar-refractivity contribution in [1.82, 2.24) is 0 Å². The van der Waals surface area contributed by atoms with Crippen LogP contribution in [0.15, 0.2) is 0 Å². The van der Waals surface area contributed by atoms with E-state index in [1.165, 1.54) is 0 Å². The van der Waals surface area contributed by atoms with E-state index < -0.39 is 73.6 Å². The predicted molar refractivity (Wildman–Crippen MR) is 260 cm³/mol. The van der Waals surface area contributed by atoms with Gasteiger partial charge < -0.3 is 49.8 Å². The fraction of sp³-hybridized carbons (Fsp3) is 1.00. The molecular formula is C41H90O17P6. The molecule has 0 aliphatic heterocycles. The van der Waals surface area contributed by atoms with Gasteiger partial charge >= 0.3 is 38.0 Å². The second-order valence-corrected chi connectivity index (χ2v) is 29.8. The lowest BCUT2D eigenvalue weighted by atomic mass is 10.0. The van der Waals surface area contributed by atoms with Crippen molar-refractivity contribution in [2.24, 2.45) is 0 Å². The Labute approximate surface area is 388 Å². The topological polar surface area (TPSA) is 204 Å². The Morgan fingerprint density at radius 1 is 0.281 bits per heavy atom. The number of hydrogen-bond donors (Lipinski definition) is 0. The van der Waals surface area contributed by atoms with Crippen molar-refractivity contribution in [3.05, 3.63) is 0 Å². The van der Waals surface area contributed by atoms with Crippen LogP contribution in [0.4, 0.5) is 0 Å². The average Bonchev–Trinajstić information content (AvgIpc) is 3.21. The zero-order chi connectivity index (χ0) is 49.1. The molecule has 0 fully saturated rings. The molecule has 0 aromatic rings. The van der Waals surface area contributed by atoms with E-state index in [2.05, 4.69) is 0 Å². The first-order valence-corrected chi connectivity index (χ1v) is 34.0. The van der Waals surface area contributed by atoms with Crippen LogP contribution in [0.3, 0.4) is 0 Å². The molecule has 386 valence electrons. The Kier molecular flexibility index (Phi) is 34.0. The molecule has 7 atom stereocenters. The zero-order valence-electron chi connectivity index (χ0n) is 41.9. The van der Waals surface area contributed by atoms with Gasteiger partial charge in [-0.1, -0.05) is 39.5 Å². The summed E-state index contributed by atoms with van der Waals surface area (Å²) in [6.45, 7) is 25.3. The fourth-order valence-electron chi connectivity index (χ4n) is 7.98. The van der Waals surface area contributed by atoms with E-state index in [4.69, 9.17) is 49.8 Å². The maximum atomic E-state index is 15.1. The van der Waals surface area contributed by atoms with Gasteiger partial charge in [-0.15, -0.1) is 0 Å². The van der Waals surface area contributed by atoms with Crippen LogP contribution in [0, 0.1) is 0 Å². The van der Waals surface area contributed by atoms with Gasteiger partial charge in [0.05, 0.1) is 101 Å². The van der Waals surface area contributed by atoms with Gasteiger partial charge in [0.15, 0.2) is 0 Å². The maximum Gasteiger partial charge on any atom is 0.334 e. The van der Waals surface area contributed by atoms with Gasteiger partial charge in [0, 0.05) is 12.3 Å². The smallest absolute Gasteiger partial charge is 0.329 e. The van der Waals surface area contributed by atoms with Crippen LogP contribution in [0.25, 0.3) is 0 Å². The highest BCUT2D eigenvalue weighted by Crippen LogP contribution is 2.69. The van der Waals surface area contributed by atoms with Crippen LogP contribution < -0.4 is 0 Å². The summed E-state index contributed by atoms with van der Waals surface area (Å²) in [5.74, 6) is 0. The second kappa shape index (κ2) is 33.5. The number of hydrogen-bond acceptors (Lipinski definition) is 17. The molecule has 0 aromatic heterocycles. The Hall–Kier alpha value is 0.940. The third kappa shape index (κ3) is 20.7. The van der Waals surface area contributed by atoms with E-state index in [1.807, 2.05) is 13.8 Å². The van der Waals surface area contributed by atoms with Gasteiger partial charge in [0.2, 0.25) is 7.37 Å². The van der Waals surface area contributed by atoms with Crippen LogP contribution in [0.1, 0.15) is 154 Å². The molecule has 0 heterocycles. The number of unbranched alkanes of at least 4 members (excludes halogenated alkanes) is 1. The Morgan fingerprint density at radius 2 is 0.484 bits per heavy atom. The minimum absolute atomic E-state index is 0.0220. The minimum Gasteiger partial charge on any atom is -0.329 e. The molecule has 17 nitrogen and oxygen atoms in total. The van der Waals surface area contributed by atoms with Crippen LogP contribution >= 0.6 is 45.3 Å². The summed E-state index contributed by atoms with van der Waals surface area (Å²) < 4.78 is 152. The van der Waals surface area contributed by atoms with Crippen molar-refractivity contribution < 1.29 is 77.2 Å². The summed E-state index contributed by atoms with van der Waals surface area (Å²) >= 11 is 0. The fourth-order valence-corrected chi connectivity index (χ4v) is 22.1. The third-order valence-electron chi connectivity index (χ3n) is 10.8. The molecule has 0 saturated carbocycles. The predicted octanol–water partition coefficient (Wildman–Crippen LogP) is 14.4. The normalized spacial score (nSPS) is 17.2. The SMILES string of the molecule is CCOP(C)(=O)C(C)CCCCC(C(CCCC(C(CCCC(C)P(=O)(OCC)OCC)P(=O)(OCC)OCC)P(=O)(OCC)OCC)P(=O)(OCC)OCC)P(=O)(OCC)OCC. The lowest BCUT2D eigenvalue weighted by Gasteiger charge is -2.38. The molecule has 0 radical (unpaired) electrons. The first kappa shape index (κ1) is 64.9. The van der Waals surface area contributed by atoms with E-state index in [1.54, 1.807) is 82.8 Å². The molecule has 0 amide bonds. The van der Waals surface area contributed by atoms with Crippen molar-refractivity contribution in [2.45, 2.75) is 188 Å². The Balaban J connectivity index is 7.62. The summed E-state index contributed by atoms with van der Waals surface area (Å²) in [5.41, 5.74) is -4.79. The molecule has 64 heavy (non-hydrogen) atoms. The van der Waals surface area contributed by atoms with Crippen LogP contribution in [-0.4, -0.2) is 113 Å². The largest absolute Gasteiger partial charge is 0.334 e. The van der Waals surface area contributed by atoms with Crippen molar-refractivity contribution in [3.8, 4) is 0 Å².